The van der Waals surface area contributed by atoms with Crippen LogP contribution in [0.1, 0.15) is 13.8 Å². The number of nitrogens with two attached hydrogens (primary N) is 1. The fraction of sp³-hybridized carbons (Fsp3) is 0.900. The molecule has 1 fully saturated rings. The van der Waals surface area contributed by atoms with Gasteiger partial charge in [0.2, 0.25) is 0 Å². The van der Waals surface area contributed by atoms with Crippen LogP contribution in [-0.2, 0) is 0 Å². The third-order valence-corrected chi connectivity index (χ3v) is 4.19. The topological polar surface area (TPSA) is 29.3 Å². The minimum absolute atomic E-state index is 0.117. The highest BCUT2D eigenvalue weighted by Gasteiger charge is 2.43. The Kier molecular flexibility index (Phi) is 5.09. The smallest absolute Gasteiger partial charge is 0.393 e. The average Bonchev–Trinajstić information content (AvgIpc) is 2.10. The summed E-state index contributed by atoms with van der Waals surface area (Å²) in [7, 11) is 0. The lowest BCUT2D eigenvalue weighted by Gasteiger charge is -2.36. The van der Waals surface area contributed by atoms with E-state index in [2.05, 4.69) is 12.2 Å². The Balaban J connectivity index is 2.64. The van der Waals surface area contributed by atoms with Crippen LogP contribution in [0.3, 0.4) is 0 Å². The van der Waals surface area contributed by atoms with Gasteiger partial charge in [0.25, 0.3) is 0 Å². The van der Waals surface area contributed by atoms with Gasteiger partial charge in [0, 0.05) is 30.1 Å². The monoisotopic (exact) mass is 286 g/mol. The quantitative estimate of drug-likeness (QED) is 0.806. The van der Waals surface area contributed by atoms with Crippen LogP contribution in [0, 0.1) is 5.92 Å². The lowest BCUT2D eigenvalue weighted by atomic mass is 10.1. The molecule has 0 aromatic carbocycles. The Bertz CT molecular complexity index is 273. The molecule has 0 spiro atoms. The van der Waals surface area contributed by atoms with Crippen molar-refractivity contribution in [1.29, 1.82) is 0 Å². The standard InChI is InChI=1S/C10H17F3N2S2/c1-6-3-15(4-7(2)17-6)5-8(9(14)16)10(11,12)13/h6-8H,3-5H2,1-2H3,(H2,14,16). The van der Waals surface area contributed by atoms with Gasteiger partial charge in [0.05, 0.1) is 4.99 Å². The zero-order valence-corrected chi connectivity index (χ0v) is 11.5. The Hall–Kier alpha value is -0.0100. The molecular formula is C10H17F3N2S2. The zero-order chi connectivity index (χ0) is 13.2. The molecule has 0 aliphatic carbocycles. The van der Waals surface area contributed by atoms with Crippen molar-refractivity contribution in [3.63, 3.8) is 0 Å². The number of alkyl halides is 3. The molecule has 0 aromatic heterocycles. The number of hydrogen-bond donors (Lipinski definition) is 1. The van der Waals surface area contributed by atoms with E-state index in [0.29, 0.717) is 23.6 Å². The molecule has 3 atom stereocenters. The molecule has 1 heterocycles. The van der Waals surface area contributed by atoms with Gasteiger partial charge < -0.3 is 10.6 Å². The molecule has 7 heteroatoms. The molecule has 1 saturated heterocycles. The molecule has 0 amide bonds. The summed E-state index contributed by atoms with van der Waals surface area (Å²) in [5, 5.41) is 0.693. The summed E-state index contributed by atoms with van der Waals surface area (Å²) in [6.07, 6.45) is -4.34. The molecule has 0 saturated carbocycles. The van der Waals surface area contributed by atoms with Crippen molar-refractivity contribution in [2.75, 3.05) is 19.6 Å². The molecule has 100 valence electrons. The summed E-state index contributed by atoms with van der Waals surface area (Å²) < 4.78 is 38.2. The van der Waals surface area contributed by atoms with E-state index in [4.69, 9.17) is 5.73 Å². The first kappa shape index (κ1) is 15.0. The number of thioether (sulfide) groups is 1. The van der Waals surface area contributed by atoms with E-state index in [9.17, 15) is 13.2 Å². The van der Waals surface area contributed by atoms with Gasteiger partial charge in [-0.2, -0.15) is 24.9 Å². The van der Waals surface area contributed by atoms with Gasteiger partial charge in [-0.25, -0.2) is 0 Å². The SMILES string of the molecule is CC1CN(CC(C(N)=S)C(F)(F)F)CC(C)S1. The zero-order valence-electron chi connectivity index (χ0n) is 9.83. The minimum Gasteiger partial charge on any atom is -0.393 e. The third-order valence-electron chi connectivity index (χ3n) is 2.67. The molecule has 0 radical (unpaired) electrons. The van der Waals surface area contributed by atoms with Crippen molar-refractivity contribution >= 4 is 29.0 Å². The first-order valence-corrected chi connectivity index (χ1v) is 6.79. The van der Waals surface area contributed by atoms with Gasteiger partial charge in [0.15, 0.2) is 0 Å². The number of nitrogens with zero attached hydrogens (tertiary/aromatic N) is 1. The first-order chi connectivity index (χ1) is 7.70. The second-order valence-corrected chi connectivity index (χ2v) is 6.83. The van der Waals surface area contributed by atoms with E-state index in [1.54, 1.807) is 11.8 Å². The van der Waals surface area contributed by atoms with Crippen molar-refractivity contribution in [3.8, 4) is 0 Å². The van der Waals surface area contributed by atoms with E-state index in [0.717, 1.165) is 0 Å². The van der Waals surface area contributed by atoms with Crippen LogP contribution in [0.15, 0.2) is 0 Å². The summed E-state index contributed by atoms with van der Waals surface area (Å²) >= 11 is 6.32. The lowest BCUT2D eigenvalue weighted by molar-refractivity contribution is -0.159. The van der Waals surface area contributed by atoms with Gasteiger partial charge in [-0.15, -0.1) is 0 Å². The Morgan fingerprint density at radius 1 is 1.41 bits per heavy atom. The molecule has 0 bridgehead atoms. The van der Waals surface area contributed by atoms with Gasteiger partial charge >= 0.3 is 6.18 Å². The van der Waals surface area contributed by atoms with Gasteiger partial charge in [-0.1, -0.05) is 26.1 Å². The Morgan fingerprint density at radius 2 is 1.88 bits per heavy atom. The molecule has 1 aliphatic rings. The molecule has 2 nitrogen and oxygen atoms in total. The summed E-state index contributed by atoms with van der Waals surface area (Å²) in [4.78, 5) is 1.35. The van der Waals surface area contributed by atoms with E-state index in [1.165, 1.54) is 0 Å². The van der Waals surface area contributed by atoms with Gasteiger partial charge in [0.1, 0.15) is 5.92 Å². The number of hydrogen-bond acceptors (Lipinski definition) is 3. The highest BCUT2D eigenvalue weighted by atomic mass is 32.2. The molecule has 17 heavy (non-hydrogen) atoms. The van der Waals surface area contributed by atoms with Crippen LogP contribution >= 0.6 is 24.0 Å². The van der Waals surface area contributed by atoms with Crippen molar-refractivity contribution in [2.45, 2.75) is 30.5 Å². The van der Waals surface area contributed by atoms with Gasteiger partial charge in [-0.05, 0) is 0 Å². The molecule has 1 rings (SSSR count). The summed E-state index contributed by atoms with van der Waals surface area (Å²) in [5.74, 6) is -1.69. The molecule has 0 aromatic rings. The Labute approximate surface area is 109 Å². The predicted molar refractivity (Wildman–Crippen MR) is 69.3 cm³/mol. The van der Waals surface area contributed by atoms with E-state index in [-0.39, 0.29) is 6.54 Å². The maximum atomic E-state index is 12.7. The first-order valence-electron chi connectivity index (χ1n) is 5.44. The lowest BCUT2D eigenvalue weighted by Crippen LogP contribution is -2.48. The summed E-state index contributed by atoms with van der Waals surface area (Å²) in [5.41, 5.74) is 5.19. The number of rotatable bonds is 3. The Morgan fingerprint density at radius 3 is 2.24 bits per heavy atom. The van der Waals surface area contributed by atoms with Crippen LogP contribution < -0.4 is 5.73 Å². The van der Waals surface area contributed by atoms with Crippen LogP contribution in [-0.4, -0.2) is 46.2 Å². The average molecular weight is 286 g/mol. The highest BCUT2D eigenvalue weighted by molar-refractivity contribution is 8.00. The maximum absolute atomic E-state index is 12.7. The van der Waals surface area contributed by atoms with Crippen molar-refractivity contribution in [2.24, 2.45) is 11.7 Å². The third kappa shape index (κ3) is 4.63. The normalized spacial score (nSPS) is 29.0. The predicted octanol–water partition coefficient (Wildman–Crippen LogP) is 2.28. The molecule has 3 unspecified atom stereocenters. The largest absolute Gasteiger partial charge is 0.399 e. The minimum atomic E-state index is -4.34. The van der Waals surface area contributed by atoms with Crippen LogP contribution in [0.4, 0.5) is 13.2 Å². The van der Waals surface area contributed by atoms with Crippen molar-refractivity contribution in [3.05, 3.63) is 0 Å². The van der Waals surface area contributed by atoms with E-state index in [1.807, 2.05) is 18.7 Å². The summed E-state index contributed by atoms with van der Waals surface area (Å²) in [6.45, 7) is 5.25. The van der Waals surface area contributed by atoms with Crippen LogP contribution in [0.5, 0.6) is 0 Å². The van der Waals surface area contributed by atoms with Crippen LogP contribution in [0.25, 0.3) is 0 Å². The number of thiocarbonyl (C=S) groups is 1. The van der Waals surface area contributed by atoms with Crippen LogP contribution in [0.2, 0.25) is 0 Å². The van der Waals surface area contributed by atoms with E-state index < -0.39 is 17.1 Å². The second kappa shape index (κ2) is 5.75. The molecule has 2 N–H and O–H groups in total. The number of halogens is 3. The molecule has 1 aliphatic heterocycles. The van der Waals surface area contributed by atoms with E-state index >= 15 is 0 Å². The van der Waals surface area contributed by atoms with Gasteiger partial charge in [-0.3, -0.25) is 0 Å². The highest BCUT2D eigenvalue weighted by Crippen LogP contribution is 2.30. The second-order valence-electron chi connectivity index (χ2n) is 4.47. The van der Waals surface area contributed by atoms with Crippen molar-refractivity contribution in [1.82, 2.24) is 4.90 Å². The molecular weight excluding hydrogens is 269 g/mol. The summed E-state index contributed by atoms with van der Waals surface area (Å²) in [6, 6.07) is 0. The fourth-order valence-electron chi connectivity index (χ4n) is 2.05. The van der Waals surface area contributed by atoms with Crippen molar-refractivity contribution < 1.29 is 13.2 Å². The fourth-order valence-corrected chi connectivity index (χ4v) is 3.64. The maximum Gasteiger partial charge on any atom is 0.399 e.